The Bertz CT molecular complexity index is 661. The number of methoxy groups -OCH3 is 1. The van der Waals surface area contributed by atoms with Crippen molar-refractivity contribution >= 4 is 27.5 Å². The van der Waals surface area contributed by atoms with Crippen molar-refractivity contribution in [2.75, 3.05) is 12.4 Å². The summed E-state index contributed by atoms with van der Waals surface area (Å²) in [6.45, 7) is 2.25. The quantitative estimate of drug-likeness (QED) is 0.803. The number of nitrogens with two attached hydrogens (primary N) is 1. The van der Waals surface area contributed by atoms with E-state index in [0.717, 1.165) is 21.3 Å². The molecule has 0 fully saturated rings. The molecule has 1 amide bonds. The lowest BCUT2D eigenvalue weighted by atomic mass is 9.94. The number of nitrogens with one attached hydrogen (secondary N) is 1. The molecule has 5 heteroatoms. The van der Waals surface area contributed by atoms with Gasteiger partial charge in [-0.3, -0.25) is 4.79 Å². The van der Waals surface area contributed by atoms with E-state index in [1.165, 1.54) is 0 Å². The van der Waals surface area contributed by atoms with Crippen molar-refractivity contribution in [2.45, 2.75) is 19.6 Å². The van der Waals surface area contributed by atoms with Crippen LogP contribution >= 0.6 is 15.9 Å². The zero-order valence-electron chi connectivity index (χ0n) is 13.3. The lowest BCUT2D eigenvalue weighted by Gasteiger charge is -2.21. The molecule has 2 aromatic carbocycles. The van der Waals surface area contributed by atoms with Gasteiger partial charge in [-0.2, -0.15) is 0 Å². The zero-order chi connectivity index (χ0) is 16.8. The third-order valence-corrected chi connectivity index (χ3v) is 4.55. The predicted molar refractivity (Wildman–Crippen MR) is 96.0 cm³/mol. The molecule has 0 aromatic heterocycles. The van der Waals surface area contributed by atoms with Crippen LogP contribution in [0.15, 0.2) is 53.0 Å². The Hall–Kier alpha value is -1.69. The highest BCUT2D eigenvalue weighted by molar-refractivity contribution is 9.10. The van der Waals surface area contributed by atoms with Gasteiger partial charge in [0.25, 0.3) is 0 Å². The van der Waals surface area contributed by atoms with Gasteiger partial charge in [-0.05, 0) is 17.7 Å². The van der Waals surface area contributed by atoms with Crippen LogP contribution in [0.5, 0.6) is 0 Å². The molecule has 0 saturated heterocycles. The van der Waals surface area contributed by atoms with Crippen molar-refractivity contribution in [3.05, 3.63) is 64.1 Å². The number of amides is 1. The van der Waals surface area contributed by atoms with E-state index >= 15 is 0 Å². The largest absolute Gasteiger partial charge is 0.380 e. The molecule has 0 radical (unpaired) electrons. The Labute approximate surface area is 145 Å². The van der Waals surface area contributed by atoms with Crippen molar-refractivity contribution in [3.8, 4) is 0 Å². The van der Waals surface area contributed by atoms with Crippen molar-refractivity contribution in [1.29, 1.82) is 0 Å². The van der Waals surface area contributed by atoms with E-state index in [1.807, 2.05) is 55.5 Å². The van der Waals surface area contributed by atoms with Crippen LogP contribution < -0.4 is 11.1 Å². The number of hydrogen-bond donors (Lipinski definition) is 2. The highest BCUT2D eigenvalue weighted by Gasteiger charge is 2.23. The van der Waals surface area contributed by atoms with Gasteiger partial charge in [0.05, 0.1) is 12.5 Å². The molecule has 0 spiro atoms. The minimum Gasteiger partial charge on any atom is -0.380 e. The van der Waals surface area contributed by atoms with Gasteiger partial charge in [0, 0.05) is 28.9 Å². The fourth-order valence-corrected chi connectivity index (χ4v) is 2.82. The van der Waals surface area contributed by atoms with Crippen LogP contribution in [-0.2, 0) is 16.1 Å². The Morgan fingerprint density at radius 3 is 2.57 bits per heavy atom. The van der Waals surface area contributed by atoms with Crippen LogP contribution in [0.1, 0.15) is 24.1 Å². The van der Waals surface area contributed by atoms with Gasteiger partial charge in [0.2, 0.25) is 5.91 Å². The van der Waals surface area contributed by atoms with Crippen molar-refractivity contribution in [1.82, 2.24) is 0 Å². The van der Waals surface area contributed by atoms with E-state index in [0.29, 0.717) is 6.61 Å². The van der Waals surface area contributed by atoms with E-state index in [9.17, 15) is 4.79 Å². The summed E-state index contributed by atoms with van der Waals surface area (Å²) >= 11 is 3.48. The second-order valence-electron chi connectivity index (χ2n) is 5.41. The molecular formula is C18H21BrN2O2. The summed E-state index contributed by atoms with van der Waals surface area (Å²) in [5, 5.41) is 2.96. The van der Waals surface area contributed by atoms with E-state index < -0.39 is 0 Å². The Morgan fingerprint density at radius 2 is 1.91 bits per heavy atom. The third kappa shape index (κ3) is 4.41. The normalized spacial score (nSPS) is 13.4. The van der Waals surface area contributed by atoms with Crippen LogP contribution in [0.2, 0.25) is 0 Å². The van der Waals surface area contributed by atoms with Crippen LogP contribution in [0.25, 0.3) is 0 Å². The summed E-state index contributed by atoms with van der Waals surface area (Å²) < 4.78 is 6.10. The maximum atomic E-state index is 12.5. The average molecular weight is 377 g/mol. The molecular weight excluding hydrogens is 356 g/mol. The maximum absolute atomic E-state index is 12.5. The molecule has 0 bridgehead atoms. The molecule has 23 heavy (non-hydrogen) atoms. The van der Waals surface area contributed by atoms with Crippen LogP contribution in [-0.4, -0.2) is 13.0 Å². The summed E-state index contributed by atoms with van der Waals surface area (Å²) in [5.41, 5.74) is 8.81. The first-order valence-corrected chi connectivity index (χ1v) is 8.21. The second kappa shape index (κ2) is 8.24. The number of anilines is 1. The highest BCUT2D eigenvalue weighted by Crippen LogP contribution is 2.27. The van der Waals surface area contributed by atoms with E-state index in [2.05, 4.69) is 21.2 Å². The Morgan fingerprint density at radius 1 is 1.22 bits per heavy atom. The molecule has 0 heterocycles. The summed E-state index contributed by atoms with van der Waals surface area (Å²) in [7, 11) is 1.62. The topological polar surface area (TPSA) is 64.3 Å². The third-order valence-electron chi connectivity index (χ3n) is 3.80. The first kappa shape index (κ1) is 17.7. The summed E-state index contributed by atoms with van der Waals surface area (Å²) in [6, 6.07) is 14.9. The van der Waals surface area contributed by atoms with Crippen LogP contribution in [0, 0.1) is 5.92 Å². The predicted octanol–water partition coefficient (Wildman–Crippen LogP) is 3.87. The average Bonchev–Trinajstić information content (AvgIpc) is 2.57. The van der Waals surface area contributed by atoms with Crippen molar-refractivity contribution in [3.63, 3.8) is 0 Å². The van der Waals surface area contributed by atoms with Crippen molar-refractivity contribution in [2.24, 2.45) is 11.7 Å². The standard InChI is InChI=1S/C18H21BrN2O2/c1-12(17(20)13-7-4-3-5-8-13)18(22)21-16-10-6-9-15(19)14(16)11-23-2/h3-10,12,17H,11,20H2,1-2H3,(H,21,22). The summed E-state index contributed by atoms with van der Waals surface area (Å²) in [5.74, 6) is -0.469. The monoisotopic (exact) mass is 376 g/mol. The summed E-state index contributed by atoms with van der Waals surface area (Å²) in [4.78, 5) is 12.5. The lowest BCUT2D eigenvalue weighted by molar-refractivity contribution is -0.120. The van der Waals surface area contributed by atoms with Gasteiger partial charge in [0.1, 0.15) is 0 Å². The fourth-order valence-electron chi connectivity index (χ4n) is 2.34. The molecule has 2 aromatic rings. The number of benzene rings is 2. The molecule has 4 nitrogen and oxygen atoms in total. The number of hydrogen-bond acceptors (Lipinski definition) is 3. The lowest BCUT2D eigenvalue weighted by Crippen LogP contribution is -2.30. The van der Waals surface area contributed by atoms with E-state index in [-0.39, 0.29) is 17.9 Å². The molecule has 0 aliphatic carbocycles. The minimum absolute atomic E-state index is 0.114. The molecule has 2 unspecified atom stereocenters. The number of carbonyl (C=O) groups excluding carboxylic acids is 1. The maximum Gasteiger partial charge on any atom is 0.229 e. The fraction of sp³-hybridized carbons (Fsp3) is 0.278. The molecule has 0 aliphatic rings. The van der Waals surface area contributed by atoms with Crippen molar-refractivity contribution < 1.29 is 9.53 Å². The van der Waals surface area contributed by atoms with E-state index in [4.69, 9.17) is 10.5 Å². The number of rotatable bonds is 6. The van der Waals surface area contributed by atoms with Gasteiger partial charge >= 0.3 is 0 Å². The molecule has 2 rings (SSSR count). The van der Waals surface area contributed by atoms with Gasteiger partial charge in [-0.15, -0.1) is 0 Å². The van der Waals surface area contributed by atoms with Gasteiger partial charge in [-0.25, -0.2) is 0 Å². The Balaban J connectivity index is 2.14. The number of carbonyl (C=O) groups is 1. The molecule has 2 atom stereocenters. The smallest absolute Gasteiger partial charge is 0.229 e. The first-order valence-electron chi connectivity index (χ1n) is 7.42. The first-order chi connectivity index (χ1) is 11.0. The van der Waals surface area contributed by atoms with E-state index in [1.54, 1.807) is 7.11 Å². The SMILES string of the molecule is COCc1c(Br)cccc1NC(=O)C(C)C(N)c1ccccc1. The van der Waals surface area contributed by atoms with Gasteiger partial charge in [0.15, 0.2) is 0 Å². The molecule has 0 aliphatic heterocycles. The zero-order valence-corrected chi connectivity index (χ0v) is 14.8. The number of halogens is 1. The van der Waals surface area contributed by atoms with Gasteiger partial charge < -0.3 is 15.8 Å². The van der Waals surface area contributed by atoms with Crippen LogP contribution in [0.4, 0.5) is 5.69 Å². The number of ether oxygens (including phenoxy) is 1. The summed E-state index contributed by atoms with van der Waals surface area (Å²) in [6.07, 6.45) is 0. The second-order valence-corrected chi connectivity index (χ2v) is 6.27. The Kier molecular flexibility index (Phi) is 6.33. The minimum atomic E-state index is -0.355. The molecule has 122 valence electrons. The van der Waals surface area contributed by atoms with Gasteiger partial charge in [-0.1, -0.05) is 59.3 Å². The molecule has 0 saturated carbocycles. The van der Waals surface area contributed by atoms with Crippen LogP contribution in [0.3, 0.4) is 0 Å². The highest BCUT2D eigenvalue weighted by atomic mass is 79.9. The molecule has 3 N–H and O–H groups in total.